The molecule has 0 heterocycles. The Kier molecular flexibility index (Phi) is 13.9. The summed E-state index contributed by atoms with van der Waals surface area (Å²) < 4.78 is 100. The number of nitrogens with one attached hydrogen (secondary N) is 2. The molecule has 0 spiro atoms. The maximum absolute atomic E-state index is 12.1. The Labute approximate surface area is 313 Å². The van der Waals surface area contributed by atoms with Crippen molar-refractivity contribution in [2.24, 2.45) is 0 Å². The van der Waals surface area contributed by atoms with Crippen molar-refractivity contribution < 1.29 is 104 Å². The van der Waals surface area contributed by atoms with Gasteiger partial charge >= 0.3 is 53.4 Å². The van der Waals surface area contributed by atoms with Crippen molar-refractivity contribution in [1.29, 1.82) is 0 Å². The third kappa shape index (κ3) is 11.2. The summed E-state index contributed by atoms with van der Waals surface area (Å²) in [5, 5.41) is 35.1. The van der Waals surface area contributed by atoms with Crippen LogP contribution in [0.1, 0.15) is 42.9 Å². The molecular weight excluding hydrogens is 772 g/mol. The van der Waals surface area contributed by atoms with Gasteiger partial charge in [-0.05, 0) is 97.1 Å². The maximum Gasteiger partial charge on any atom is 1.00 e. The average molecular weight is 795 g/mol. The summed E-state index contributed by atoms with van der Waals surface area (Å²) in [7, 11) is -17.9. The van der Waals surface area contributed by atoms with E-state index in [9.17, 15) is 52.8 Å². The van der Waals surface area contributed by atoms with Gasteiger partial charge in [0.15, 0.2) is 0 Å². The van der Waals surface area contributed by atoms with Crippen LogP contribution in [0.3, 0.4) is 0 Å². The van der Waals surface area contributed by atoms with Crippen molar-refractivity contribution in [2.45, 2.75) is 19.6 Å². The number of benzene rings is 4. The van der Waals surface area contributed by atoms with Crippen LogP contribution in [0.5, 0.6) is 0 Å². The molecule has 0 aliphatic carbocycles. The van der Waals surface area contributed by atoms with Crippen molar-refractivity contribution in [3.05, 3.63) is 119 Å². The van der Waals surface area contributed by atoms with Gasteiger partial charge in [0.25, 0.3) is 40.1 Å². The second kappa shape index (κ2) is 16.7. The Morgan fingerprint density at radius 3 is 0.608 bits per heavy atom. The average Bonchev–Trinajstić information content (AvgIpc) is 3.04. The van der Waals surface area contributed by atoms with E-state index in [1.54, 1.807) is 0 Å². The van der Waals surface area contributed by atoms with Crippen molar-refractivity contribution in [1.82, 2.24) is 8.25 Å². The second-order valence-corrected chi connectivity index (χ2v) is 16.7. The molecule has 0 aliphatic rings. The molecule has 266 valence electrons. The Hall–Kier alpha value is -4.52. The second-order valence-electron chi connectivity index (χ2n) is 9.50. The van der Waals surface area contributed by atoms with Crippen LogP contribution in [-0.2, 0) is 40.1 Å². The molecule has 4 rings (SSSR count). The Bertz CT molecular complexity index is 2060. The molecule has 0 fully saturated rings. The van der Waals surface area contributed by atoms with E-state index in [1.165, 1.54) is 8.25 Å². The molecule has 0 saturated carbocycles. The molecule has 23 heteroatoms. The maximum atomic E-state index is 12.1. The number of sulfonamides is 4. The first-order chi connectivity index (χ1) is 23.1. The van der Waals surface area contributed by atoms with Gasteiger partial charge < -0.3 is 21.9 Å². The van der Waals surface area contributed by atoms with Crippen molar-refractivity contribution in [3.8, 4) is 0 Å². The predicted octanol–water partition coefficient (Wildman–Crippen LogP) is -1.38. The molecule has 0 bridgehead atoms. The molecule has 51 heavy (non-hydrogen) atoms. The number of aromatic carboxylic acids is 4. The molecule has 0 aromatic heterocycles. The topological polar surface area (TPSA) is 310 Å². The summed E-state index contributed by atoms with van der Waals surface area (Å²) >= 11 is 0. The molecule has 4 aromatic rings. The molecule has 0 amide bonds. The number of carbonyl (C=O) groups is 4. The first kappa shape index (κ1) is 42.6. The van der Waals surface area contributed by atoms with Gasteiger partial charge in [0.1, 0.15) is 0 Å². The van der Waals surface area contributed by atoms with Crippen molar-refractivity contribution >= 4 is 64.0 Å². The number of carboxylic acids is 4. The number of hydrogen-bond donors (Lipinski definition) is 6. The van der Waals surface area contributed by atoms with Gasteiger partial charge in [0.05, 0.1) is 41.8 Å². The van der Waals surface area contributed by atoms with Gasteiger partial charge in [-0.3, -0.25) is 0 Å². The fraction of sp³-hybridized carbons (Fsp3) is 0. The Balaban J connectivity index is 0.000000501. The first-order valence-electron chi connectivity index (χ1n) is 13.0. The molecule has 4 aromatic carbocycles. The SMILES string of the molecule is O=C(O)c1ccc(S(=O)(=O)NS(=O)(=O)c2ccc(C(=O)O)cc2)cc1.O=C(O)c1ccc(S(=O)(=O)NS(=O)(=O)c2ccc(C(=O)O)cc2)cc1.[H-].[Na+]. The molecule has 0 radical (unpaired) electrons. The number of carboxylic acid groups (broad SMARTS) is 4. The fourth-order valence-corrected chi connectivity index (χ4v) is 9.42. The quantitative estimate of drug-likeness (QED) is 0.0900. The van der Waals surface area contributed by atoms with E-state index < -0.39 is 83.6 Å². The number of hydrogen-bond acceptors (Lipinski definition) is 12. The van der Waals surface area contributed by atoms with Crippen molar-refractivity contribution in [2.75, 3.05) is 0 Å². The Morgan fingerprint density at radius 1 is 0.353 bits per heavy atom. The van der Waals surface area contributed by atoms with Gasteiger partial charge in [-0.25, -0.2) is 52.8 Å². The standard InChI is InChI=1S/2C14H11NO8S2.Na.H/c2*16-13(17)9-1-5-11(6-2-9)24(20,21)15-25(22,23)12-7-3-10(4-8-12)14(18)19;;/h2*1-8,15H,(H,16,17)(H,18,19);;/q;;+1;-1. The zero-order valence-corrected chi connectivity index (χ0v) is 30.8. The minimum absolute atomic E-state index is 0. The zero-order chi connectivity index (χ0) is 37.7. The van der Waals surface area contributed by atoms with E-state index in [0.717, 1.165) is 97.1 Å². The zero-order valence-electron chi connectivity index (χ0n) is 26.6. The van der Waals surface area contributed by atoms with Crippen LogP contribution >= 0.6 is 0 Å². The monoisotopic (exact) mass is 794 g/mol. The summed E-state index contributed by atoms with van der Waals surface area (Å²) in [6, 6.07) is 15.8. The summed E-state index contributed by atoms with van der Waals surface area (Å²) in [5.41, 5.74) is -0.644. The van der Waals surface area contributed by atoms with E-state index in [1.807, 2.05) is 0 Å². The van der Waals surface area contributed by atoms with E-state index in [0.29, 0.717) is 0 Å². The van der Waals surface area contributed by atoms with Crippen LogP contribution in [0.4, 0.5) is 0 Å². The molecule has 0 atom stereocenters. The normalized spacial score (nSPS) is 11.6. The summed E-state index contributed by atoms with van der Waals surface area (Å²) in [6.07, 6.45) is 0. The third-order valence-corrected chi connectivity index (χ3v) is 13.2. The van der Waals surface area contributed by atoms with Crippen LogP contribution in [-0.4, -0.2) is 78.0 Å². The molecule has 6 N–H and O–H groups in total. The van der Waals surface area contributed by atoms with Crippen LogP contribution in [0.2, 0.25) is 0 Å². The van der Waals surface area contributed by atoms with E-state index >= 15 is 0 Å². The van der Waals surface area contributed by atoms with Crippen molar-refractivity contribution in [3.63, 3.8) is 0 Å². The van der Waals surface area contributed by atoms with E-state index in [-0.39, 0.29) is 53.2 Å². The minimum Gasteiger partial charge on any atom is -1.00 e. The summed E-state index contributed by atoms with van der Waals surface area (Å²) in [4.78, 5) is 41.2. The molecule has 18 nitrogen and oxygen atoms in total. The molecule has 0 aliphatic heterocycles. The van der Waals surface area contributed by atoms with Gasteiger partial charge in [-0.1, -0.05) is 0 Å². The smallest absolute Gasteiger partial charge is 1.00 e. The number of rotatable bonds is 12. The molecular formula is C28H23N2NaO16S4. The third-order valence-electron chi connectivity index (χ3n) is 6.09. The Morgan fingerprint density at radius 2 is 0.490 bits per heavy atom. The van der Waals surface area contributed by atoms with Crippen LogP contribution < -0.4 is 37.8 Å². The molecule has 0 saturated heterocycles. The fourth-order valence-electron chi connectivity index (χ4n) is 3.59. The van der Waals surface area contributed by atoms with Crippen LogP contribution in [0.25, 0.3) is 0 Å². The largest absolute Gasteiger partial charge is 1.00 e. The minimum atomic E-state index is -4.48. The van der Waals surface area contributed by atoms with E-state index in [4.69, 9.17) is 20.4 Å². The molecule has 0 unspecified atom stereocenters. The summed E-state index contributed by atoms with van der Waals surface area (Å²) in [5.74, 6) is -5.04. The van der Waals surface area contributed by atoms with Gasteiger partial charge in [0, 0.05) is 0 Å². The van der Waals surface area contributed by atoms with Crippen LogP contribution in [0, 0.1) is 0 Å². The van der Waals surface area contributed by atoms with Crippen LogP contribution in [0.15, 0.2) is 117 Å². The van der Waals surface area contributed by atoms with Gasteiger partial charge in [-0.15, -0.1) is 8.25 Å². The van der Waals surface area contributed by atoms with E-state index in [2.05, 4.69) is 0 Å². The predicted molar refractivity (Wildman–Crippen MR) is 170 cm³/mol. The first-order valence-corrected chi connectivity index (χ1v) is 18.9. The van der Waals surface area contributed by atoms with Gasteiger partial charge in [0.2, 0.25) is 0 Å². The summed E-state index contributed by atoms with van der Waals surface area (Å²) in [6.45, 7) is 0. The van der Waals surface area contributed by atoms with Gasteiger partial charge in [-0.2, -0.15) is 0 Å².